The normalized spacial score (nSPS) is 24.1. The lowest BCUT2D eigenvalue weighted by Gasteiger charge is -2.33. The first-order valence-electron chi connectivity index (χ1n) is 9.22. The number of carbonyl (C=O) groups is 1. The van der Waals surface area contributed by atoms with E-state index in [1.165, 1.54) is 12.8 Å². The second-order valence-corrected chi connectivity index (χ2v) is 7.17. The van der Waals surface area contributed by atoms with Crippen molar-refractivity contribution >= 4 is 5.91 Å². The van der Waals surface area contributed by atoms with Gasteiger partial charge in [0.25, 0.3) is 0 Å². The molecule has 1 aromatic carbocycles. The number of oxazole rings is 1. The number of benzene rings is 1. The lowest BCUT2D eigenvalue weighted by molar-refractivity contribution is -0.132. The fourth-order valence-electron chi connectivity index (χ4n) is 4.28. The molecule has 25 heavy (non-hydrogen) atoms. The molecule has 3 heterocycles. The Morgan fingerprint density at radius 2 is 1.92 bits per heavy atom. The number of hydrogen-bond acceptors (Lipinski definition) is 4. The van der Waals surface area contributed by atoms with Crippen LogP contribution in [-0.4, -0.2) is 52.9 Å². The molecule has 0 radical (unpaired) electrons. The number of rotatable bonds is 4. The third kappa shape index (κ3) is 3.33. The molecule has 4 rings (SSSR count). The summed E-state index contributed by atoms with van der Waals surface area (Å²) in [6.45, 7) is 2.02. The van der Waals surface area contributed by atoms with Gasteiger partial charge in [0.2, 0.25) is 11.8 Å². The number of nitrogens with zero attached hydrogens (tertiary/aromatic N) is 3. The lowest BCUT2D eigenvalue weighted by Crippen LogP contribution is -2.47. The third-order valence-electron chi connectivity index (χ3n) is 5.55. The molecule has 0 unspecified atom stereocenters. The first-order chi connectivity index (χ1) is 12.2. The van der Waals surface area contributed by atoms with Crippen molar-refractivity contribution < 1.29 is 9.21 Å². The Morgan fingerprint density at radius 1 is 1.16 bits per heavy atom. The zero-order chi connectivity index (χ0) is 17.2. The van der Waals surface area contributed by atoms with Crippen molar-refractivity contribution in [1.82, 2.24) is 14.8 Å². The van der Waals surface area contributed by atoms with Crippen LogP contribution in [0.5, 0.6) is 0 Å². The van der Waals surface area contributed by atoms with Gasteiger partial charge in [-0.05, 0) is 51.4 Å². The van der Waals surface area contributed by atoms with Crippen LogP contribution in [0.2, 0.25) is 0 Å². The Kier molecular flexibility index (Phi) is 4.57. The lowest BCUT2D eigenvalue weighted by atomic mass is 10.0. The van der Waals surface area contributed by atoms with E-state index < -0.39 is 0 Å². The molecule has 5 heteroatoms. The van der Waals surface area contributed by atoms with Crippen molar-refractivity contribution in [2.45, 2.75) is 44.2 Å². The Morgan fingerprint density at radius 3 is 2.68 bits per heavy atom. The molecule has 0 bridgehead atoms. The molecule has 2 aliphatic heterocycles. The van der Waals surface area contributed by atoms with Crippen LogP contribution in [0.25, 0.3) is 11.5 Å². The molecular weight excluding hydrogens is 314 g/mol. The van der Waals surface area contributed by atoms with E-state index in [-0.39, 0.29) is 5.91 Å². The summed E-state index contributed by atoms with van der Waals surface area (Å²) in [5, 5.41) is 0. The van der Waals surface area contributed by atoms with E-state index in [1.54, 1.807) is 6.26 Å². The maximum absolute atomic E-state index is 12.9. The van der Waals surface area contributed by atoms with E-state index in [0.717, 1.165) is 31.5 Å². The monoisotopic (exact) mass is 339 g/mol. The second-order valence-electron chi connectivity index (χ2n) is 7.17. The Labute approximate surface area is 148 Å². The molecule has 0 spiro atoms. The number of likely N-dealkylation sites (N-methyl/N-ethyl adjacent to an activating group) is 1. The molecule has 132 valence electrons. The summed E-state index contributed by atoms with van der Waals surface area (Å²) in [6.07, 6.45) is 6.61. The van der Waals surface area contributed by atoms with E-state index >= 15 is 0 Å². The second kappa shape index (κ2) is 7.00. The molecule has 0 N–H and O–H groups in total. The van der Waals surface area contributed by atoms with E-state index in [9.17, 15) is 4.79 Å². The maximum atomic E-state index is 12.9. The van der Waals surface area contributed by atoms with Gasteiger partial charge < -0.3 is 14.2 Å². The zero-order valence-corrected chi connectivity index (χ0v) is 14.7. The Bertz CT molecular complexity index is 728. The van der Waals surface area contributed by atoms with Gasteiger partial charge >= 0.3 is 0 Å². The van der Waals surface area contributed by atoms with Crippen molar-refractivity contribution in [3.63, 3.8) is 0 Å². The smallest absolute Gasteiger partial charge is 0.229 e. The summed E-state index contributed by atoms with van der Waals surface area (Å²) in [4.78, 5) is 21.9. The summed E-state index contributed by atoms with van der Waals surface area (Å²) in [6, 6.07) is 10.7. The molecule has 0 aliphatic carbocycles. The SMILES string of the molecule is CN1CCC[C@@H]1[C@@H]1CCCN1C(=O)Cc1coc(-c2ccccc2)n1. The maximum Gasteiger partial charge on any atom is 0.229 e. The van der Waals surface area contributed by atoms with Gasteiger partial charge in [-0.3, -0.25) is 4.79 Å². The van der Waals surface area contributed by atoms with Gasteiger partial charge in [-0.1, -0.05) is 18.2 Å². The van der Waals surface area contributed by atoms with Crippen LogP contribution < -0.4 is 0 Å². The van der Waals surface area contributed by atoms with E-state index in [2.05, 4.69) is 21.8 Å². The topological polar surface area (TPSA) is 49.6 Å². The zero-order valence-electron chi connectivity index (χ0n) is 14.7. The van der Waals surface area contributed by atoms with Crippen LogP contribution in [-0.2, 0) is 11.2 Å². The standard InChI is InChI=1S/C20H25N3O2/c1-22-11-5-9-17(22)18-10-6-12-23(18)19(24)13-16-14-25-20(21-16)15-7-3-2-4-8-15/h2-4,7-8,14,17-18H,5-6,9-13H2,1H3/t17-,18+/m1/s1. The van der Waals surface area contributed by atoms with Crippen molar-refractivity contribution in [2.24, 2.45) is 0 Å². The molecule has 2 aliphatic rings. The highest BCUT2D eigenvalue weighted by Gasteiger charge is 2.38. The fourth-order valence-corrected chi connectivity index (χ4v) is 4.28. The molecular formula is C20H25N3O2. The molecule has 2 aromatic rings. The minimum absolute atomic E-state index is 0.177. The van der Waals surface area contributed by atoms with Crippen LogP contribution in [0.3, 0.4) is 0 Å². The van der Waals surface area contributed by atoms with Crippen LogP contribution >= 0.6 is 0 Å². The average Bonchev–Trinajstić information content (AvgIpc) is 3.35. The molecule has 1 amide bonds. The fraction of sp³-hybridized carbons (Fsp3) is 0.500. The number of aromatic nitrogens is 1. The van der Waals surface area contributed by atoms with Crippen LogP contribution in [0.4, 0.5) is 0 Å². The summed E-state index contributed by atoms with van der Waals surface area (Å²) in [5.41, 5.74) is 1.65. The minimum Gasteiger partial charge on any atom is -0.444 e. The molecule has 2 fully saturated rings. The highest BCUT2D eigenvalue weighted by atomic mass is 16.3. The first kappa shape index (κ1) is 16.3. The molecule has 5 nitrogen and oxygen atoms in total. The molecule has 2 saturated heterocycles. The largest absolute Gasteiger partial charge is 0.444 e. The van der Waals surface area contributed by atoms with E-state index in [0.29, 0.717) is 30.1 Å². The minimum atomic E-state index is 0.177. The average molecular weight is 339 g/mol. The van der Waals surface area contributed by atoms with Gasteiger partial charge in [-0.2, -0.15) is 0 Å². The van der Waals surface area contributed by atoms with Crippen molar-refractivity contribution in [1.29, 1.82) is 0 Å². The van der Waals surface area contributed by atoms with E-state index in [1.807, 2.05) is 30.3 Å². The number of hydrogen-bond donors (Lipinski definition) is 0. The predicted molar refractivity (Wildman–Crippen MR) is 96.0 cm³/mol. The summed E-state index contributed by atoms with van der Waals surface area (Å²) < 4.78 is 5.57. The van der Waals surface area contributed by atoms with Crippen molar-refractivity contribution in [2.75, 3.05) is 20.1 Å². The van der Waals surface area contributed by atoms with Gasteiger partial charge in [-0.25, -0.2) is 4.98 Å². The quantitative estimate of drug-likeness (QED) is 0.859. The van der Waals surface area contributed by atoms with Crippen LogP contribution in [0, 0.1) is 0 Å². The van der Waals surface area contributed by atoms with Gasteiger partial charge in [0, 0.05) is 24.2 Å². The van der Waals surface area contributed by atoms with E-state index in [4.69, 9.17) is 4.42 Å². The van der Waals surface area contributed by atoms with Gasteiger partial charge in [0.05, 0.1) is 12.1 Å². The number of carbonyl (C=O) groups excluding carboxylic acids is 1. The Balaban J connectivity index is 1.44. The predicted octanol–water partition coefficient (Wildman–Crippen LogP) is 2.97. The van der Waals surface area contributed by atoms with Gasteiger partial charge in [0.15, 0.2) is 0 Å². The summed E-state index contributed by atoms with van der Waals surface area (Å²) in [7, 11) is 2.18. The summed E-state index contributed by atoms with van der Waals surface area (Å²) in [5.74, 6) is 0.757. The van der Waals surface area contributed by atoms with Gasteiger partial charge in [0.1, 0.15) is 6.26 Å². The summed E-state index contributed by atoms with van der Waals surface area (Å²) >= 11 is 0. The van der Waals surface area contributed by atoms with Crippen LogP contribution in [0.15, 0.2) is 41.0 Å². The third-order valence-corrected chi connectivity index (χ3v) is 5.55. The number of likely N-dealkylation sites (tertiary alicyclic amines) is 2. The first-order valence-corrected chi connectivity index (χ1v) is 9.22. The highest BCUT2D eigenvalue weighted by Crippen LogP contribution is 2.29. The molecule has 0 saturated carbocycles. The van der Waals surface area contributed by atoms with Gasteiger partial charge in [-0.15, -0.1) is 0 Å². The van der Waals surface area contributed by atoms with Crippen LogP contribution in [0.1, 0.15) is 31.4 Å². The van der Waals surface area contributed by atoms with Crippen molar-refractivity contribution in [3.8, 4) is 11.5 Å². The molecule has 2 atom stereocenters. The van der Waals surface area contributed by atoms with Crippen molar-refractivity contribution in [3.05, 3.63) is 42.3 Å². The number of amides is 1. The highest BCUT2D eigenvalue weighted by molar-refractivity contribution is 5.79. The Hall–Kier alpha value is -2.14. The molecule has 1 aromatic heterocycles.